The smallest absolute Gasteiger partial charge is 0.255 e. The number of carbonyl (C=O) groups excluding carboxylic acids is 1. The maximum Gasteiger partial charge on any atom is 0.255 e. The summed E-state index contributed by atoms with van der Waals surface area (Å²) in [5.41, 5.74) is 1.77. The van der Waals surface area contributed by atoms with E-state index < -0.39 is 0 Å². The molecule has 0 atom stereocenters. The van der Waals surface area contributed by atoms with Gasteiger partial charge in [0.25, 0.3) is 5.91 Å². The summed E-state index contributed by atoms with van der Waals surface area (Å²) in [5.74, 6) is -0.290. The van der Waals surface area contributed by atoms with Crippen LogP contribution in [0, 0.1) is 6.92 Å². The van der Waals surface area contributed by atoms with Crippen molar-refractivity contribution < 1.29 is 4.79 Å². The van der Waals surface area contributed by atoms with Gasteiger partial charge in [-0.1, -0.05) is 34.8 Å². The van der Waals surface area contributed by atoms with Crippen LogP contribution in [0.5, 0.6) is 0 Å². The SMILES string of the molecule is Cc1cc(NC(=O)c2ccc(Cl)c(Cl)c2)cnc1Cl. The Hall–Kier alpha value is -1.29. The molecule has 3 nitrogen and oxygen atoms in total. The molecule has 2 aromatic rings. The van der Waals surface area contributed by atoms with E-state index in [4.69, 9.17) is 34.8 Å². The Labute approximate surface area is 125 Å². The summed E-state index contributed by atoms with van der Waals surface area (Å²) in [4.78, 5) is 16.0. The maximum atomic E-state index is 12.0. The third-order valence-corrected chi connectivity index (χ3v) is 3.59. The minimum atomic E-state index is -0.290. The number of hydrogen-bond acceptors (Lipinski definition) is 2. The predicted octanol–water partition coefficient (Wildman–Crippen LogP) is 4.60. The Kier molecular flexibility index (Phi) is 4.30. The molecule has 1 aromatic heterocycles. The van der Waals surface area contributed by atoms with E-state index in [1.807, 2.05) is 6.92 Å². The number of amides is 1. The van der Waals surface area contributed by atoms with E-state index in [9.17, 15) is 4.79 Å². The van der Waals surface area contributed by atoms with Gasteiger partial charge in [-0.05, 0) is 36.8 Å². The highest BCUT2D eigenvalue weighted by atomic mass is 35.5. The lowest BCUT2D eigenvalue weighted by Gasteiger charge is -2.07. The number of aromatic nitrogens is 1. The van der Waals surface area contributed by atoms with Crippen molar-refractivity contribution >= 4 is 46.4 Å². The summed E-state index contributed by atoms with van der Waals surface area (Å²) < 4.78 is 0. The molecule has 0 aliphatic rings. The van der Waals surface area contributed by atoms with Gasteiger partial charge < -0.3 is 5.32 Å². The number of rotatable bonds is 2. The van der Waals surface area contributed by atoms with E-state index >= 15 is 0 Å². The molecule has 0 aliphatic heterocycles. The molecule has 98 valence electrons. The third-order valence-electron chi connectivity index (χ3n) is 2.45. The normalized spacial score (nSPS) is 10.3. The van der Waals surface area contributed by atoms with E-state index in [2.05, 4.69) is 10.3 Å². The fourth-order valence-electron chi connectivity index (χ4n) is 1.47. The molecule has 19 heavy (non-hydrogen) atoms. The molecule has 1 aromatic carbocycles. The number of hydrogen-bond donors (Lipinski definition) is 1. The molecule has 0 radical (unpaired) electrons. The van der Waals surface area contributed by atoms with Crippen LogP contribution in [0.3, 0.4) is 0 Å². The summed E-state index contributed by atoms with van der Waals surface area (Å²) >= 11 is 17.5. The summed E-state index contributed by atoms with van der Waals surface area (Å²) in [6, 6.07) is 6.42. The molecule has 0 fully saturated rings. The van der Waals surface area contributed by atoms with Gasteiger partial charge in [0.1, 0.15) is 5.15 Å². The zero-order chi connectivity index (χ0) is 14.0. The van der Waals surface area contributed by atoms with Gasteiger partial charge >= 0.3 is 0 Å². The van der Waals surface area contributed by atoms with E-state index in [0.717, 1.165) is 5.56 Å². The Bertz CT molecular complexity index is 644. The molecule has 0 aliphatic carbocycles. The van der Waals surface area contributed by atoms with Crippen LogP contribution < -0.4 is 5.32 Å². The van der Waals surface area contributed by atoms with Crippen molar-refractivity contribution in [3.05, 3.63) is 56.8 Å². The van der Waals surface area contributed by atoms with Crippen molar-refractivity contribution in [2.45, 2.75) is 6.92 Å². The van der Waals surface area contributed by atoms with Crippen molar-refractivity contribution in [1.29, 1.82) is 0 Å². The number of nitrogens with zero attached hydrogens (tertiary/aromatic N) is 1. The second kappa shape index (κ2) is 5.78. The van der Waals surface area contributed by atoms with Gasteiger partial charge in [-0.2, -0.15) is 0 Å². The van der Waals surface area contributed by atoms with Gasteiger partial charge in [-0.15, -0.1) is 0 Å². The molecule has 1 amide bonds. The lowest BCUT2D eigenvalue weighted by Crippen LogP contribution is -2.12. The van der Waals surface area contributed by atoms with Crippen LogP contribution in [-0.2, 0) is 0 Å². The van der Waals surface area contributed by atoms with E-state index in [-0.39, 0.29) is 5.91 Å². The molecule has 0 saturated heterocycles. The van der Waals surface area contributed by atoms with E-state index in [1.54, 1.807) is 18.2 Å². The highest BCUT2D eigenvalue weighted by Crippen LogP contribution is 2.23. The molecular weight excluding hydrogens is 307 g/mol. The molecule has 0 spiro atoms. The number of anilines is 1. The largest absolute Gasteiger partial charge is 0.321 e. The van der Waals surface area contributed by atoms with Gasteiger partial charge in [0.2, 0.25) is 0 Å². The van der Waals surface area contributed by atoms with Crippen LogP contribution >= 0.6 is 34.8 Å². The molecule has 1 N–H and O–H groups in total. The summed E-state index contributed by atoms with van der Waals surface area (Å²) in [7, 11) is 0. The number of pyridine rings is 1. The van der Waals surface area contributed by atoms with Gasteiger partial charge in [-0.3, -0.25) is 4.79 Å². The van der Waals surface area contributed by atoms with Gasteiger partial charge in [0.05, 0.1) is 21.9 Å². The van der Waals surface area contributed by atoms with E-state index in [1.165, 1.54) is 12.3 Å². The third kappa shape index (κ3) is 3.38. The average molecular weight is 316 g/mol. The fraction of sp³-hybridized carbons (Fsp3) is 0.0769. The molecular formula is C13H9Cl3N2O. The lowest BCUT2D eigenvalue weighted by molar-refractivity contribution is 0.102. The van der Waals surface area contributed by atoms with Gasteiger partial charge in [0.15, 0.2) is 0 Å². The molecule has 0 bridgehead atoms. The molecule has 0 saturated carbocycles. The molecule has 0 unspecified atom stereocenters. The summed E-state index contributed by atoms with van der Waals surface area (Å²) in [6.45, 7) is 1.81. The molecule has 2 rings (SSSR count). The van der Waals surface area contributed by atoms with Crippen LogP contribution in [-0.4, -0.2) is 10.9 Å². The highest BCUT2D eigenvalue weighted by Gasteiger charge is 2.09. The standard InChI is InChI=1S/C13H9Cl3N2O/c1-7-4-9(6-17-12(7)16)18-13(19)8-2-3-10(14)11(15)5-8/h2-6H,1H3,(H,18,19). The first kappa shape index (κ1) is 14.1. The van der Waals surface area contributed by atoms with Crippen LogP contribution in [0.15, 0.2) is 30.5 Å². The van der Waals surface area contributed by atoms with Crippen molar-refractivity contribution in [3.8, 4) is 0 Å². The average Bonchev–Trinajstić information content (AvgIpc) is 2.37. The summed E-state index contributed by atoms with van der Waals surface area (Å²) in [6.07, 6.45) is 1.49. The number of benzene rings is 1. The van der Waals surface area contributed by atoms with Crippen LogP contribution in [0.2, 0.25) is 15.2 Å². The molecule has 1 heterocycles. The fourth-order valence-corrected chi connectivity index (χ4v) is 1.87. The first-order valence-corrected chi connectivity index (χ1v) is 6.49. The summed E-state index contributed by atoms with van der Waals surface area (Å²) in [5, 5.41) is 3.86. The van der Waals surface area contributed by atoms with Crippen LogP contribution in [0.25, 0.3) is 0 Å². The van der Waals surface area contributed by atoms with Gasteiger partial charge in [-0.25, -0.2) is 4.98 Å². The van der Waals surface area contributed by atoms with Crippen LogP contribution in [0.4, 0.5) is 5.69 Å². The van der Waals surface area contributed by atoms with Crippen LogP contribution in [0.1, 0.15) is 15.9 Å². The van der Waals surface area contributed by atoms with Crippen molar-refractivity contribution in [1.82, 2.24) is 4.98 Å². The minimum Gasteiger partial charge on any atom is -0.321 e. The second-order valence-electron chi connectivity index (χ2n) is 3.91. The van der Waals surface area contributed by atoms with Crippen molar-refractivity contribution in [2.75, 3.05) is 5.32 Å². The Morgan fingerprint density at radius 2 is 1.89 bits per heavy atom. The van der Waals surface area contributed by atoms with E-state index in [0.29, 0.717) is 26.4 Å². The monoisotopic (exact) mass is 314 g/mol. The van der Waals surface area contributed by atoms with Gasteiger partial charge in [0, 0.05) is 5.56 Å². The minimum absolute atomic E-state index is 0.290. The highest BCUT2D eigenvalue weighted by molar-refractivity contribution is 6.42. The Morgan fingerprint density at radius 3 is 2.53 bits per heavy atom. The number of nitrogens with one attached hydrogen (secondary N) is 1. The zero-order valence-electron chi connectivity index (χ0n) is 9.88. The van der Waals surface area contributed by atoms with Crippen molar-refractivity contribution in [3.63, 3.8) is 0 Å². The first-order chi connectivity index (χ1) is 8.97. The molecule has 6 heteroatoms. The van der Waals surface area contributed by atoms with Crippen molar-refractivity contribution in [2.24, 2.45) is 0 Å². The Morgan fingerprint density at radius 1 is 1.16 bits per heavy atom. The topological polar surface area (TPSA) is 42.0 Å². The number of carbonyl (C=O) groups is 1. The second-order valence-corrected chi connectivity index (χ2v) is 5.09. The Balaban J connectivity index is 2.20. The lowest BCUT2D eigenvalue weighted by atomic mass is 10.2. The zero-order valence-corrected chi connectivity index (χ0v) is 12.1. The number of aryl methyl sites for hydroxylation is 1. The number of halogens is 3. The quantitative estimate of drug-likeness (QED) is 0.823. The maximum absolute atomic E-state index is 12.0. The predicted molar refractivity (Wildman–Crippen MR) is 78.4 cm³/mol. The first-order valence-electron chi connectivity index (χ1n) is 5.36.